The highest BCUT2D eigenvalue weighted by Gasteiger charge is 2.30. The van der Waals surface area contributed by atoms with Crippen LogP contribution in [0.15, 0.2) is 58.8 Å². The van der Waals surface area contributed by atoms with Crippen molar-refractivity contribution in [3.63, 3.8) is 0 Å². The van der Waals surface area contributed by atoms with Crippen molar-refractivity contribution >= 4 is 38.9 Å². The van der Waals surface area contributed by atoms with Crippen LogP contribution in [0.5, 0.6) is 0 Å². The number of carbonyl (C=O) groups is 1. The average molecular weight is 577 g/mol. The summed E-state index contributed by atoms with van der Waals surface area (Å²) in [5.74, 6) is -0.587. The van der Waals surface area contributed by atoms with Crippen LogP contribution in [0.4, 0.5) is 0 Å². The van der Waals surface area contributed by atoms with Gasteiger partial charge in [0.1, 0.15) is 4.21 Å². The van der Waals surface area contributed by atoms with Crippen molar-refractivity contribution in [3.05, 3.63) is 76.3 Å². The molecule has 3 aromatic rings. The van der Waals surface area contributed by atoms with E-state index in [0.29, 0.717) is 16.4 Å². The second kappa shape index (κ2) is 11.5. The fraction of sp³-hybridized carbons (Fsp3) is 0.393. The van der Waals surface area contributed by atoms with E-state index in [9.17, 15) is 18.3 Å². The fourth-order valence-electron chi connectivity index (χ4n) is 5.05. The molecule has 2 aromatic carbocycles. The first-order chi connectivity index (χ1) is 17.9. The molecule has 0 spiro atoms. The normalized spacial score (nSPS) is 15.1. The number of carboxylic acid groups (broad SMARTS) is 1. The summed E-state index contributed by atoms with van der Waals surface area (Å²) in [6.07, 6.45) is 2.20. The SMILES string of the molecule is CN(CC(O)CNC(C)(C)CC1Cc2ccccc2C1)S(=O)(=O)c1ccc(-c2ccc(C(=O)O)c(Cl)c2)s1. The van der Waals surface area contributed by atoms with E-state index < -0.39 is 22.1 Å². The Bertz CT molecular complexity index is 1400. The van der Waals surface area contributed by atoms with Crippen LogP contribution in [0.2, 0.25) is 5.02 Å². The van der Waals surface area contributed by atoms with Crippen LogP contribution in [0, 0.1) is 5.92 Å². The average Bonchev–Trinajstić information content (AvgIpc) is 3.49. The zero-order chi connectivity index (χ0) is 27.7. The highest BCUT2D eigenvalue weighted by molar-refractivity contribution is 7.91. The summed E-state index contributed by atoms with van der Waals surface area (Å²) in [5.41, 5.74) is 3.24. The number of aliphatic hydroxyl groups excluding tert-OH is 1. The molecule has 1 atom stereocenters. The third kappa shape index (κ3) is 6.65. The highest BCUT2D eigenvalue weighted by Crippen LogP contribution is 2.34. The van der Waals surface area contributed by atoms with Gasteiger partial charge in [0, 0.05) is 30.6 Å². The topological polar surface area (TPSA) is 107 Å². The maximum absolute atomic E-state index is 13.2. The molecule has 1 heterocycles. The van der Waals surface area contributed by atoms with Crippen LogP contribution >= 0.6 is 22.9 Å². The van der Waals surface area contributed by atoms with Gasteiger partial charge in [-0.05, 0) is 80.0 Å². The predicted octanol–water partition coefficient (Wildman–Crippen LogP) is 4.92. The molecule has 4 rings (SSSR count). The van der Waals surface area contributed by atoms with Crippen LogP contribution in [0.25, 0.3) is 10.4 Å². The molecular formula is C28H33ClN2O5S2. The van der Waals surface area contributed by atoms with E-state index in [1.54, 1.807) is 12.1 Å². The minimum Gasteiger partial charge on any atom is -0.478 e. The number of hydrogen-bond acceptors (Lipinski definition) is 6. The van der Waals surface area contributed by atoms with Crippen molar-refractivity contribution in [2.24, 2.45) is 5.92 Å². The number of sulfonamides is 1. The number of rotatable bonds is 11. The molecule has 0 fully saturated rings. The number of thiophene rings is 1. The molecule has 0 amide bonds. The zero-order valence-electron chi connectivity index (χ0n) is 21.6. The van der Waals surface area contributed by atoms with Crippen molar-refractivity contribution in [1.29, 1.82) is 0 Å². The Morgan fingerprint density at radius 2 is 1.82 bits per heavy atom. The number of nitrogens with zero attached hydrogens (tertiary/aromatic N) is 1. The van der Waals surface area contributed by atoms with Gasteiger partial charge in [-0.3, -0.25) is 0 Å². The largest absolute Gasteiger partial charge is 0.478 e. The molecule has 10 heteroatoms. The van der Waals surface area contributed by atoms with Crippen LogP contribution < -0.4 is 5.32 Å². The van der Waals surface area contributed by atoms with Crippen molar-refractivity contribution in [1.82, 2.24) is 9.62 Å². The van der Waals surface area contributed by atoms with Gasteiger partial charge >= 0.3 is 5.97 Å². The van der Waals surface area contributed by atoms with Gasteiger partial charge in [-0.15, -0.1) is 11.3 Å². The van der Waals surface area contributed by atoms with Crippen LogP contribution in [-0.2, 0) is 22.9 Å². The second-order valence-corrected chi connectivity index (χ2v) is 14.3. The molecule has 3 N–H and O–H groups in total. The van der Waals surface area contributed by atoms with Gasteiger partial charge in [-0.25, -0.2) is 13.2 Å². The third-order valence-corrected chi connectivity index (χ3v) is 10.7. The predicted molar refractivity (Wildman–Crippen MR) is 152 cm³/mol. The Hall–Kier alpha value is -2.27. The van der Waals surface area contributed by atoms with E-state index in [-0.39, 0.29) is 33.4 Å². The molecule has 0 saturated heterocycles. The quantitative estimate of drug-likeness (QED) is 0.299. The number of halogens is 1. The Morgan fingerprint density at radius 3 is 2.42 bits per heavy atom. The van der Waals surface area contributed by atoms with Crippen molar-refractivity contribution in [3.8, 4) is 10.4 Å². The van der Waals surface area contributed by atoms with E-state index in [4.69, 9.17) is 16.7 Å². The Labute approximate surface area is 233 Å². The molecule has 0 saturated carbocycles. The molecule has 7 nitrogen and oxygen atoms in total. The molecule has 1 aliphatic carbocycles. The van der Waals surface area contributed by atoms with E-state index >= 15 is 0 Å². The lowest BCUT2D eigenvalue weighted by Gasteiger charge is -2.31. The van der Waals surface area contributed by atoms with Crippen molar-refractivity contribution in [2.45, 2.75) is 49.0 Å². The molecule has 0 aliphatic heterocycles. The first-order valence-electron chi connectivity index (χ1n) is 12.4. The number of aliphatic hydroxyl groups is 1. The second-order valence-electron chi connectivity index (χ2n) is 10.6. The fourth-order valence-corrected chi connectivity index (χ4v) is 8.03. The number of aromatic carboxylic acids is 1. The van der Waals surface area contributed by atoms with E-state index in [2.05, 4.69) is 43.4 Å². The first-order valence-corrected chi connectivity index (χ1v) is 15.1. The number of nitrogens with one attached hydrogen (secondary N) is 1. The molecule has 0 radical (unpaired) electrons. The highest BCUT2D eigenvalue weighted by atomic mass is 35.5. The molecular weight excluding hydrogens is 544 g/mol. The lowest BCUT2D eigenvalue weighted by atomic mass is 9.88. The summed E-state index contributed by atoms with van der Waals surface area (Å²) < 4.78 is 27.6. The first kappa shape index (κ1) is 28.7. The number of likely N-dealkylation sites (N-methyl/N-ethyl adjacent to an activating group) is 1. The lowest BCUT2D eigenvalue weighted by molar-refractivity contribution is 0.0697. The van der Waals surface area contributed by atoms with Crippen LogP contribution in [-0.4, -0.2) is 60.7 Å². The minimum atomic E-state index is -3.82. The van der Waals surface area contributed by atoms with E-state index in [0.717, 1.165) is 34.9 Å². The van der Waals surface area contributed by atoms with Crippen LogP contribution in [0.3, 0.4) is 0 Å². The number of hydrogen-bond donors (Lipinski definition) is 3. The minimum absolute atomic E-state index is 0.0151. The third-order valence-electron chi connectivity index (χ3n) is 6.95. The van der Waals surface area contributed by atoms with E-state index in [1.807, 2.05) is 0 Å². The lowest BCUT2D eigenvalue weighted by Crippen LogP contribution is -2.47. The zero-order valence-corrected chi connectivity index (χ0v) is 24.0. The Kier molecular flexibility index (Phi) is 8.66. The summed E-state index contributed by atoms with van der Waals surface area (Å²) in [5, 5.41) is 23.3. The van der Waals surface area contributed by atoms with Gasteiger partial charge in [0.25, 0.3) is 10.0 Å². The maximum Gasteiger partial charge on any atom is 0.337 e. The standard InChI is InChI=1S/C28H33ClN2O5S2/c1-28(2,15-18-12-19-6-4-5-7-20(19)13-18)30-16-22(32)17-31(3)38(35,36)26-11-10-25(37-26)21-8-9-23(27(33)34)24(29)14-21/h4-11,14,18,22,30,32H,12-13,15-17H2,1-3H3,(H,33,34). The molecule has 1 aliphatic rings. The van der Waals surface area contributed by atoms with Gasteiger partial charge in [0.2, 0.25) is 0 Å². The monoisotopic (exact) mass is 576 g/mol. The van der Waals surface area contributed by atoms with E-state index in [1.165, 1.54) is 36.4 Å². The smallest absolute Gasteiger partial charge is 0.337 e. The molecule has 1 unspecified atom stereocenters. The molecule has 38 heavy (non-hydrogen) atoms. The van der Waals surface area contributed by atoms with Gasteiger partial charge in [-0.1, -0.05) is 41.9 Å². The summed E-state index contributed by atoms with van der Waals surface area (Å²) in [6.45, 7) is 4.46. The van der Waals surface area contributed by atoms with Crippen molar-refractivity contribution < 1.29 is 23.4 Å². The Balaban J connectivity index is 1.32. The van der Waals surface area contributed by atoms with Gasteiger partial charge in [0.15, 0.2) is 0 Å². The number of benzene rings is 2. The molecule has 204 valence electrons. The number of fused-ring (bicyclic) bond motifs is 1. The Morgan fingerprint density at radius 1 is 1.16 bits per heavy atom. The molecule has 1 aromatic heterocycles. The summed E-state index contributed by atoms with van der Waals surface area (Å²) in [6, 6.07) is 16.2. The summed E-state index contributed by atoms with van der Waals surface area (Å²) in [7, 11) is -2.36. The number of β-amino-alcohol motifs (C(OH)–C–C–N with tert-alkyl or cyclic N) is 1. The molecule has 0 bridgehead atoms. The van der Waals surface area contributed by atoms with Crippen molar-refractivity contribution in [2.75, 3.05) is 20.1 Å². The summed E-state index contributed by atoms with van der Waals surface area (Å²) in [4.78, 5) is 11.8. The van der Waals surface area contributed by atoms with Gasteiger partial charge in [0.05, 0.1) is 16.7 Å². The number of carboxylic acids is 1. The maximum atomic E-state index is 13.2. The van der Waals surface area contributed by atoms with Gasteiger partial charge in [-0.2, -0.15) is 4.31 Å². The summed E-state index contributed by atoms with van der Waals surface area (Å²) >= 11 is 7.14. The van der Waals surface area contributed by atoms with Crippen LogP contribution in [0.1, 0.15) is 41.8 Å². The van der Waals surface area contributed by atoms with Gasteiger partial charge < -0.3 is 15.5 Å².